The highest BCUT2D eigenvalue weighted by atomic mass is 19.4. The number of nitrogens with one attached hydrogen (secondary N) is 2. The van der Waals surface area contributed by atoms with Crippen molar-refractivity contribution in [2.24, 2.45) is 0 Å². The summed E-state index contributed by atoms with van der Waals surface area (Å²) in [4.78, 5) is 14.9. The van der Waals surface area contributed by atoms with Gasteiger partial charge in [-0.05, 0) is 24.0 Å². The summed E-state index contributed by atoms with van der Waals surface area (Å²) in [5.74, 6) is -1.56. The average molecular weight is 342 g/mol. The second kappa shape index (κ2) is 7.33. The van der Waals surface area contributed by atoms with Crippen LogP contribution in [0, 0.1) is 0 Å². The number of carbonyl (C=O) groups is 1. The molecule has 2 aromatic rings. The molecule has 9 heteroatoms. The molecule has 1 aromatic heterocycles. The third-order valence-corrected chi connectivity index (χ3v) is 3.43. The first kappa shape index (κ1) is 17.8. The average Bonchev–Trinajstić information content (AvgIpc) is 3.01. The van der Waals surface area contributed by atoms with Crippen LogP contribution in [0.25, 0.3) is 0 Å². The van der Waals surface area contributed by atoms with Crippen LogP contribution in [0.1, 0.15) is 37.6 Å². The van der Waals surface area contributed by atoms with Gasteiger partial charge in [0.15, 0.2) is 6.61 Å². The summed E-state index contributed by atoms with van der Waals surface area (Å²) in [5, 5.41) is 7.16. The summed E-state index contributed by atoms with van der Waals surface area (Å²) in [7, 11) is 0. The highest BCUT2D eigenvalue weighted by Gasteiger charge is 2.35. The Morgan fingerprint density at radius 3 is 2.71 bits per heavy atom. The molecule has 6 nitrogen and oxygen atoms in total. The molecular formula is C15H17F3N4O2. The van der Waals surface area contributed by atoms with Gasteiger partial charge in [0.05, 0.1) is 0 Å². The summed E-state index contributed by atoms with van der Waals surface area (Å²) in [6.45, 7) is 3.72. The van der Waals surface area contributed by atoms with Gasteiger partial charge in [-0.3, -0.25) is 15.2 Å². The van der Waals surface area contributed by atoms with Crippen LogP contribution in [0.2, 0.25) is 0 Å². The molecule has 2 rings (SSSR count). The third kappa shape index (κ3) is 4.46. The fourth-order valence-corrected chi connectivity index (χ4v) is 1.99. The summed E-state index contributed by atoms with van der Waals surface area (Å²) >= 11 is 0. The Hall–Kier alpha value is -2.58. The molecule has 1 atom stereocenters. The number of aromatic nitrogens is 3. The number of hydrogen-bond donors (Lipinski definition) is 2. The Labute approximate surface area is 136 Å². The molecule has 0 aliphatic carbocycles. The molecule has 130 valence electrons. The number of ether oxygens (including phenoxy) is 1. The number of amides is 1. The first-order valence-corrected chi connectivity index (χ1v) is 7.32. The number of benzene rings is 1. The number of para-hydroxylation sites is 1. The minimum absolute atomic E-state index is 0.256. The van der Waals surface area contributed by atoms with Crippen LogP contribution in [0.5, 0.6) is 5.75 Å². The number of H-pyrrole nitrogens is 1. The summed E-state index contributed by atoms with van der Waals surface area (Å²) in [5.41, 5.74) is 0.963. The van der Waals surface area contributed by atoms with E-state index in [1.54, 1.807) is 17.2 Å². The molecule has 0 fully saturated rings. The van der Waals surface area contributed by atoms with E-state index >= 15 is 0 Å². The van der Waals surface area contributed by atoms with Crippen LogP contribution < -0.4 is 10.1 Å². The van der Waals surface area contributed by atoms with E-state index in [1.807, 2.05) is 26.0 Å². The molecule has 1 aromatic carbocycles. The molecule has 0 saturated heterocycles. The van der Waals surface area contributed by atoms with Gasteiger partial charge >= 0.3 is 6.18 Å². The van der Waals surface area contributed by atoms with E-state index < -0.39 is 23.9 Å². The second-order valence-corrected chi connectivity index (χ2v) is 5.19. The lowest BCUT2D eigenvalue weighted by molar-refractivity contribution is -0.144. The number of aromatic amines is 1. The highest BCUT2D eigenvalue weighted by Crippen LogP contribution is 2.28. The molecule has 0 bridgehead atoms. The number of rotatable bonds is 6. The van der Waals surface area contributed by atoms with Gasteiger partial charge in [-0.15, -0.1) is 5.10 Å². The number of nitrogens with zero attached hydrogens (tertiary/aromatic N) is 2. The molecule has 1 amide bonds. The summed E-state index contributed by atoms with van der Waals surface area (Å²) < 4.78 is 42.6. The van der Waals surface area contributed by atoms with Gasteiger partial charge in [0.2, 0.25) is 11.8 Å². The minimum Gasteiger partial charge on any atom is -0.483 e. The quantitative estimate of drug-likeness (QED) is 0.844. The Morgan fingerprint density at radius 2 is 2.08 bits per heavy atom. The van der Waals surface area contributed by atoms with Gasteiger partial charge in [0.1, 0.15) is 5.75 Å². The van der Waals surface area contributed by atoms with Crippen LogP contribution in [-0.4, -0.2) is 27.7 Å². The van der Waals surface area contributed by atoms with Crippen LogP contribution in [0.4, 0.5) is 19.1 Å². The largest absolute Gasteiger partial charge is 0.483 e. The fourth-order valence-electron chi connectivity index (χ4n) is 1.99. The normalized spacial score (nSPS) is 12.7. The van der Waals surface area contributed by atoms with Gasteiger partial charge < -0.3 is 4.74 Å². The topological polar surface area (TPSA) is 79.9 Å². The first-order chi connectivity index (χ1) is 11.3. The van der Waals surface area contributed by atoms with Crippen LogP contribution in [0.15, 0.2) is 24.3 Å². The second-order valence-electron chi connectivity index (χ2n) is 5.19. The Kier molecular flexibility index (Phi) is 5.42. The smallest absolute Gasteiger partial charge is 0.451 e. The lowest BCUT2D eigenvalue weighted by Crippen LogP contribution is -2.21. The van der Waals surface area contributed by atoms with E-state index in [0.717, 1.165) is 12.0 Å². The summed E-state index contributed by atoms with van der Waals surface area (Å²) in [6.07, 6.45) is -3.74. The maximum Gasteiger partial charge on any atom is 0.451 e. The predicted octanol–water partition coefficient (Wildman–Crippen LogP) is 3.35. The van der Waals surface area contributed by atoms with E-state index in [1.165, 1.54) is 0 Å². The Balaban J connectivity index is 1.96. The molecule has 2 N–H and O–H groups in total. The van der Waals surface area contributed by atoms with Gasteiger partial charge in [-0.25, -0.2) is 0 Å². The molecular weight excluding hydrogens is 325 g/mol. The van der Waals surface area contributed by atoms with Crippen molar-refractivity contribution >= 4 is 11.9 Å². The fraction of sp³-hybridized carbons (Fsp3) is 0.400. The molecule has 0 saturated carbocycles. The molecule has 0 aliphatic heterocycles. The van der Waals surface area contributed by atoms with Gasteiger partial charge in [0, 0.05) is 0 Å². The summed E-state index contributed by atoms with van der Waals surface area (Å²) in [6, 6.07) is 7.31. The van der Waals surface area contributed by atoms with E-state index in [0.29, 0.717) is 5.75 Å². The van der Waals surface area contributed by atoms with Crippen molar-refractivity contribution in [3.8, 4) is 5.75 Å². The zero-order valence-electron chi connectivity index (χ0n) is 13.1. The Morgan fingerprint density at radius 1 is 1.38 bits per heavy atom. The Bertz CT molecular complexity index is 700. The van der Waals surface area contributed by atoms with Crippen molar-refractivity contribution in [1.29, 1.82) is 0 Å². The van der Waals surface area contributed by atoms with Crippen molar-refractivity contribution in [2.45, 2.75) is 32.4 Å². The van der Waals surface area contributed by atoms with Crippen molar-refractivity contribution < 1.29 is 22.7 Å². The van der Waals surface area contributed by atoms with Gasteiger partial charge in [0.25, 0.3) is 5.91 Å². The van der Waals surface area contributed by atoms with E-state index in [9.17, 15) is 18.0 Å². The van der Waals surface area contributed by atoms with Crippen LogP contribution >= 0.6 is 0 Å². The minimum atomic E-state index is -4.65. The monoisotopic (exact) mass is 342 g/mol. The predicted molar refractivity (Wildman–Crippen MR) is 80.7 cm³/mol. The highest BCUT2D eigenvalue weighted by molar-refractivity contribution is 5.90. The standard InChI is InChI=1S/C15H17F3N4O2/c1-3-9(2)10-6-4-5-7-11(10)24-8-12(23)19-14-20-13(21-22-14)15(16,17)18/h4-7,9H,3,8H2,1-2H3,(H2,19,20,21,22,23). The molecule has 1 unspecified atom stereocenters. The molecule has 1 heterocycles. The van der Waals surface area contributed by atoms with Gasteiger partial charge in [-0.1, -0.05) is 32.0 Å². The van der Waals surface area contributed by atoms with Crippen molar-refractivity contribution in [2.75, 3.05) is 11.9 Å². The zero-order chi connectivity index (χ0) is 17.7. The van der Waals surface area contributed by atoms with Crippen LogP contribution in [0.3, 0.4) is 0 Å². The first-order valence-electron chi connectivity index (χ1n) is 7.32. The van der Waals surface area contributed by atoms with Gasteiger partial charge in [-0.2, -0.15) is 18.2 Å². The van der Waals surface area contributed by atoms with E-state index in [-0.39, 0.29) is 12.5 Å². The van der Waals surface area contributed by atoms with Crippen LogP contribution in [-0.2, 0) is 11.0 Å². The number of hydrogen-bond acceptors (Lipinski definition) is 4. The number of carbonyl (C=O) groups excluding carboxylic acids is 1. The number of halogens is 3. The SMILES string of the molecule is CCC(C)c1ccccc1OCC(=O)Nc1n[nH]c(C(F)(F)F)n1. The van der Waals surface area contributed by atoms with Crippen molar-refractivity contribution in [3.63, 3.8) is 0 Å². The molecule has 0 spiro atoms. The van der Waals surface area contributed by atoms with E-state index in [2.05, 4.69) is 15.4 Å². The third-order valence-electron chi connectivity index (χ3n) is 3.43. The molecule has 0 radical (unpaired) electrons. The number of alkyl halides is 3. The van der Waals surface area contributed by atoms with Crippen molar-refractivity contribution in [1.82, 2.24) is 15.2 Å². The molecule has 24 heavy (non-hydrogen) atoms. The lowest BCUT2D eigenvalue weighted by atomic mass is 9.98. The molecule has 0 aliphatic rings. The number of anilines is 1. The maximum atomic E-state index is 12.4. The van der Waals surface area contributed by atoms with Crippen molar-refractivity contribution in [3.05, 3.63) is 35.7 Å². The lowest BCUT2D eigenvalue weighted by Gasteiger charge is -2.15. The van der Waals surface area contributed by atoms with E-state index in [4.69, 9.17) is 4.74 Å². The maximum absolute atomic E-state index is 12.4. The zero-order valence-corrected chi connectivity index (χ0v) is 13.1.